The number of carbonyl (C=O) groups excluding carboxylic acids is 1. The van der Waals surface area contributed by atoms with Crippen LogP contribution in [-0.2, 0) is 11.2 Å². The van der Waals surface area contributed by atoms with E-state index in [4.69, 9.17) is 21.1 Å². The van der Waals surface area contributed by atoms with Gasteiger partial charge < -0.3 is 9.47 Å². The number of hydrogen-bond donors (Lipinski definition) is 0. The van der Waals surface area contributed by atoms with Gasteiger partial charge in [-0.2, -0.15) is 15.0 Å². The zero-order valence-electron chi connectivity index (χ0n) is 18.2. The van der Waals surface area contributed by atoms with Crippen LogP contribution < -0.4 is 4.74 Å². The maximum absolute atomic E-state index is 12.5. The van der Waals surface area contributed by atoms with E-state index in [1.54, 1.807) is 6.07 Å². The second-order valence-corrected chi connectivity index (χ2v) is 10.1. The monoisotopic (exact) mass is 564 g/mol. The average Bonchev–Trinajstić information content (AvgIpc) is 3.04. The first-order chi connectivity index (χ1) is 15.1. The number of nitrogens with zero attached hydrogens (tertiary/aromatic N) is 4. The molecule has 3 aromatic rings. The van der Waals surface area contributed by atoms with Crippen LogP contribution in [0.15, 0.2) is 18.2 Å². The Morgan fingerprint density at radius 1 is 1.38 bits per heavy atom. The normalized spacial score (nSPS) is 15.8. The predicted molar refractivity (Wildman–Crippen MR) is 129 cm³/mol. The second kappa shape index (κ2) is 8.52. The largest absolute Gasteiger partial charge is 0.484 e. The smallest absolute Gasteiger partial charge is 0.435 e. The first-order valence-electron chi connectivity index (χ1n) is 10.3. The molecule has 1 atom stereocenters. The second-order valence-electron chi connectivity index (χ2n) is 8.74. The molecule has 0 bridgehead atoms. The van der Waals surface area contributed by atoms with E-state index in [-0.39, 0.29) is 11.3 Å². The predicted octanol–water partition coefficient (Wildman–Crippen LogP) is 6.11. The Labute approximate surface area is 204 Å². The summed E-state index contributed by atoms with van der Waals surface area (Å²) in [5.41, 5.74) is 3.16. The molecular formula is C23H22ClIN4O3. The fourth-order valence-corrected chi connectivity index (χ4v) is 4.82. The van der Waals surface area contributed by atoms with Crippen molar-refractivity contribution in [2.45, 2.75) is 58.7 Å². The molecule has 0 saturated carbocycles. The van der Waals surface area contributed by atoms with Crippen LogP contribution in [0.25, 0.3) is 10.9 Å². The quantitative estimate of drug-likeness (QED) is 0.276. The Bertz CT molecular complexity index is 1270. The van der Waals surface area contributed by atoms with Crippen molar-refractivity contribution in [2.75, 3.05) is 0 Å². The van der Waals surface area contributed by atoms with Gasteiger partial charge in [-0.15, -0.1) is 0 Å². The number of benzene rings is 1. The maximum Gasteiger partial charge on any atom is 0.435 e. The van der Waals surface area contributed by atoms with Crippen LogP contribution in [0, 0.1) is 22.0 Å². The highest BCUT2D eigenvalue weighted by Crippen LogP contribution is 2.37. The average molecular weight is 565 g/mol. The van der Waals surface area contributed by atoms with Gasteiger partial charge in [-0.3, -0.25) is 0 Å². The van der Waals surface area contributed by atoms with Crippen LogP contribution in [0.3, 0.4) is 0 Å². The molecule has 4 rings (SSSR count). The van der Waals surface area contributed by atoms with Gasteiger partial charge in [0.1, 0.15) is 32.4 Å². The van der Waals surface area contributed by atoms with Crippen LogP contribution in [0.4, 0.5) is 4.79 Å². The van der Waals surface area contributed by atoms with Crippen molar-refractivity contribution in [2.24, 2.45) is 0 Å². The summed E-state index contributed by atoms with van der Waals surface area (Å²) in [5, 5.41) is 14.7. The molecule has 0 aliphatic heterocycles. The van der Waals surface area contributed by atoms with Gasteiger partial charge in [0.05, 0.1) is 16.8 Å². The van der Waals surface area contributed by atoms with Gasteiger partial charge in [0.2, 0.25) is 0 Å². The summed E-state index contributed by atoms with van der Waals surface area (Å²) in [6.45, 7) is 7.36. The SMILES string of the molecule is Cc1c(C#N)c(Cl)nc2c1CCCC2Oc1ccc2c(c1)c(I)nn2C(=O)OC(C)(C)C. The summed E-state index contributed by atoms with van der Waals surface area (Å²) in [4.78, 5) is 17.0. The van der Waals surface area contributed by atoms with Crippen LogP contribution in [0.5, 0.6) is 5.75 Å². The van der Waals surface area contributed by atoms with E-state index >= 15 is 0 Å². The molecule has 0 amide bonds. The third kappa shape index (κ3) is 4.28. The number of halogens is 2. The van der Waals surface area contributed by atoms with Gasteiger partial charge in [0, 0.05) is 5.39 Å². The van der Waals surface area contributed by atoms with Crippen LogP contribution in [-0.4, -0.2) is 26.5 Å². The maximum atomic E-state index is 12.5. The van der Waals surface area contributed by atoms with E-state index in [0.717, 1.165) is 41.5 Å². The van der Waals surface area contributed by atoms with Crippen molar-refractivity contribution in [3.8, 4) is 11.8 Å². The molecule has 0 fully saturated rings. The molecule has 166 valence electrons. The van der Waals surface area contributed by atoms with Crippen LogP contribution in [0.1, 0.15) is 62.1 Å². The Kier molecular flexibility index (Phi) is 6.07. The van der Waals surface area contributed by atoms with Gasteiger partial charge >= 0.3 is 6.09 Å². The fraction of sp³-hybridized carbons (Fsp3) is 0.391. The third-order valence-corrected chi connectivity index (χ3v) is 6.39. The standard InChI is InChI=1S/C23H22ClIN4O3/c1-12-14-6-5-7-18(19(14)27-20(24)16(12)11-26)31-13-8-9-17-15(10-13)21(25)28-29(17)22(30)32-23(2,3)4/h8-10,18H,5-7H2,1-4H3. The lowest BCUT2D eigenvalue weighted by Gasteiger charge is -2.27. The molecule has 0 spiro atoms. The summed E-state index contributed by atoms with van der Waals surface area (Å²) in [5.74, 6) is 0.650. The number of pyridine rings is 1. The Hall–Kier alpha value is -2.38. The van der Waals surface area contributed by atoms with Crippen molar-refractivity contribution in [1.29, 1.82) is 5.26 Å². The minimum atomic E-state index is -0.615. The fourth-order valence-electron chi connectivity index (χ4n) is 3.90. The van der Waals surface area contributed by atoms with Crippen LogP contribution >= 0.6 is 34.2 Å². The molecule has 0 radical (unpaired) electrons. The highest BCUT2D eigenvalue weighted by Gasteiger charge is 2.28. The van der Waals surface area contributed by atoms with E-state index in [1.165, 1.54) is 4.68 Å². The van der Waals surface area contributed by atoms with Crippen molar-refractivity contribution in [3.05, 3.63) is 49.4 Å². The molecule has 2 aromatic heterocycles. The minimum Gasteiger partial charge on any atom is -0.484 e. The highest BCUT2D eigenvalue weighted by molar-refractivity contribution is 14.1. The zero-order valence-corrected chi connectivity index (χ0v) is 21.1. The van der Waals surface area contributed by atoms with Crippen molar-refractivity contribution < 1.29 is 14.3 Å². The van der Waals surface area contributed by atoms with Crippen molar-refractivity contribution in [1.82, 2.24) is 14.8 Å². The molecule has 1 aromatic carbocycles. The first kappa shape index (κ1) is 22.8. The Morgan fingerprint density at radius 2 is 2.12 bits per heavy atom. The van der Waals surface area contributed by atoms with E-state index in [9.17, 15) is 10.1 Å². The number of rotatable bonds is 2. The first-order valence-corrected chi connectivity index (χ1v) is 11.7. The van der Waals surface area contributed by atoms with Gasteiger partial charge in [-0.1, -0.05) is 11.6 Å². The number of aromatic nitrogens is 3. The molecule has 7 nitrogen and oxygen atoms in total. The summed E-state index contributed by atoms with van der Waals surface area (Å²) in [6.07, 6.45) is 1.79. The zero-order chi connectivity index (χ0) is 23.2. The number of carbonyl (C=O) groups is 1. The Balaban J connectivity index is 1.67. The topological polar surface area (TPSA) is 90.0 Å². The minimum absolute atomic E-state index is 0.211. The van der Waals surface area contributed by atoms with Crippen LogP contribution in [0.2, 0.25) is 5.15 Å². The van der Waals surface area contributed by atoms with Gasteiger partial charge in [-0.05, 0) is 98.9 Å². The summed E-state index contributed by atoms with van der Waals surface area (Å²) < 4.78 is 13.7. The third-order valence-electron chi connectivity index (χ3n) is 5.32. The number of nitriles is 1. The van der Waals surface area contributed by atoms with Gasteiger partial charge in [0.15, 0.2) is 0 Å². The lowest BCUT2D eigenvalue weighted by molar-refractivity contribution is 0.0522. The number of fused-ring (bicyclic) bond motifs is 2. The number of ether oxygens (including phenoxy) is 2. The van der Waals surface area contributed by atoms with Crippen molar-refractivity contribution >= 4 is 51.2 Å². The summed E-state index contributed by atoms with van der Waals surface area (Å²) in [6, 6.07) is 7.64. The molecule has 0 N–H and O–H groups in total. The molecular weight excluding hydrogens is 543 g/mol. The molecule has 1 unspecified atom stereocenters. The molecule has 1 aliphatic carbocycles. The van der Waals surface area contributed by atoms with Crippen molar-refractivity contribution in [3.63, 3.8) is 0 Å². The highest BCUT2D eigenvalue weighted by atomic mass is 127. The van der Waals surface area contributed by atoms with Gasteiger partial charge in [-0.25, -0.2) is 9.78 Å². The molecule has 0 saturated heterocycles. The van der Waals surface area contributed by atoms with E-state index in [1.807, 2.05) is 39.8 Å². The van der Waals surface area contributed by atoms with E-state index in [2.05, 4.69) is 38.7 Å². The summed E-state index contributed by atoms with van der Waals surface area (Å²) in [7, 11) is 0. The molecule has 32 heavy (non-hydrogen) atoms. The molecule has 1 aliphatic rings. The van der Waals surface area contributed by atoms with Gasteiger partial charge in [0.25, 0.3) is 0 Å². The Morgan fingerprint density at radius 3 is 2.81 bits per heavy atom. The number of hydrogen-bond acceptors (Lipinski definition) is 6. The van der Waals surface area contributed by atoms with E-state index in [0.29, 0.717) is 20.5 Å². The lowest BCUT2D eigenvalue weighted by Crippen LogP contribution is -2.27. The lowest BCUT2D eigenvalue weighted by atomic mass is 9.89. The molecule has 9 heteroatoms. The molecule has 2 heterocycles. The van der Waals surface area contributed by atoms with E-state index < -0.39 is 11.7 Å². The summed E-state index contributed by atoms with van der Waals surface area (Å²) >= 11 is 8.36.